The SMILES string of the molecule is CC(=O)NC1C(COC23CC2C(O)[C@H](COC[C@H](C(O)CO)C(O)[C@H](O)CO)OC(CO)C3O)OC(CO)C2(OC[C@@H]3OC(CO)[C@H](O)C(O)C3O)CC1[C@@H]2O. The molecule has 22 heteroatoms. The highest BCUT2D eigenvalue weighted by molar-refractivity contribution is 5.73. The molecule has 15 unspecified atom stereocenters. The van der Waals surface area contributed by atoms with Gasteiger partial charge in [0.15, 0.2) is 0 Å². The highest BCUT2D eigenvalue weighted by Gasteiger charge is 2.70. The quantitative estimate of drug-likeness (QED) is 0.0575. The van der Waals surface area contributed by atoms with Crippen LogP contribution in [0.15, 0.2) is 0 Å². The smallest absolute Gasteiger partial charge is 0.217 e. The van der Waals surface area contributed by atoms with Crippen LogP contribution in [0.4, 0.5) is 0 Å². The summed E-state index contributed by atoms with van der Waals surface area (Å²) in [5.74, 6) is -3.27. The standard InChI is InChI=1S/C34H59NO21/c1-13(41)35-25-14-2-34(31(14)49,53-12-23-29(47)30(48)28(46)19(6-38)54-23)24(8-40)56-21(25)11-52-33-3-16(33)27(45)22(55-20(7-39)32(33)50)10-51-9-15(17(42)4-36)26(44)18(43)5-37/h14-32,36-40,42-50H,2-12H2,1H3,(H,35,41)/t14?,15-,16?,17?,18-,19?,20?,21?,22+,23+,24?,25?,26?,27?,28+,29?,30?,31+,32?,33?,34?/m1/s1. The Bertz CT molecular complexity index is 1270. The molecule has 0 radical (unpaired) electrons. The second-order valence-electron chi connectivity index (χ2n) is 15.6. The third-order valence-corrected chi connectivity index (χ3v) is 12.2. The number of carbonyl (C=O) groups is 1. The van der Waals surface area contributed by atoms with Crippen LogP contribution in [-0.4, -0.2) is 246 Å². The number of hydrogen-bond acceptors (Lipinski definition) is 21. The minimum absolute atomic E-state index is 0.0294. The van der Waals surface area contributed by atoms with Crippen molar-refractivity contribution in [2.24, 2.45) is 17.8 Å². The molecule has 4 aliphatic heterocycles. The molecule has 0 aromatic rings. The zero-order valence-corrected chi connectivity index (χ0v) is 30.9. The Morgan fingerprint density at radius 2 is 1.27 bits per heavy atom. The first-order valence-corrected chi connectivity index (χ1v) is 18.8. The van der Waals surface area contributed by atoms with Gasteiger partial charge in [-0.2, -0.15) is 0 Å². The van der Waals surface area contributed by atoms with Crippen molar-refractivity contribution in [3.05, 3.63) is 0 Å². The van der Waals surface area contributed by atoms with Gasteiger partial charge in [-0.1, -0.05) is 0 Å². The van der Waals surface area contributed by atoms with Crippen LogP contribution < -0.4 is 5.32 Å². The lowest BCUT2D eigenvalue weighted by atomic mass is 9.62. The van der Waals surface area contributed by atoms with E-state index in [1.807, 2.05) is 0 Å². The topological polar surface area (TPSA) is 368 Å². The van der Waals surface area contributed by atoms with E-state index in [1.54, 1.807) is 0 Å². The van der Waals surface area contributed by atoms with Gasteiger partial charge in [0.1, 0.15) is 78.3 Å². The summed E-state index contributed by atoms with van der Waals surface area (Å²) in [5.41, 5.74) is -3.12. The van der Waals surface area contributed by atoms with E-state index in [-0.39, 0.29) is 19.4 Å². The van der Waals surface area contributed by atoms with E-state index in [2.05, 4.69) is 5.32 Å². The van der Waals surface area contributed by atoms with Crippen LogP contribution in [0.3, 0.4) is 0 Å². The van der Waals surface area contributed by atoms with Gasteiger partial charge >= 0.3 is 0 Å². The van der Waals surface area contributed by atoms with E-state index in [1.165, 1.54) is 6.92 Å². The van der Waals surface area contributed by atoms with Gasteiger partial charge in [0, 0.05) is 24.7 Å². The summed E-state index contributed by atoms with van der Waals surface area (Å²) < 4.78 is 35.6. The third kappa shape index (κ3) is 8.76. The van der Waals surface area contributed by atoms with E-state index in [0.717, 1.165) is 0 Å². The summed E-state index contributed by atoms with van der Waals surface area (Å²) >= 11 is 0. The maximum Gasteiger partial charge on any atom is 0.217 e. The number of ether oxygens (including phenoxy) is 6. The van der Waals surface area contributed by atoms with Crippen LogP contribution in [-0.2, 0) is 33.2 Å². The molecule has 6 fully saturated rings. The monoisotopic (exact) mass is 817 g/mol. The van der Waals surface area contributed by atoms with Gasteiger partial charge in [0.05, 0.1) is 89.9 Å². The largest absolute Gasteiger partial charge is 0.394 e. The molecule has 22 nitrogen and oxygen atoms in total. The van der Waals surface area contributed by atoms with Gasteiger partial charge in [0.25, 0.3) is 0 Å². The Morgan fingerprint density at radius 3 is 1.86 bits per heavy atom. The van der Waals surface area contributed by atoms with Crippen LogP contribution in [0, 0.1) is 17.8 Å². The molecule has 326 valence electrons. The lowest BCUT2D eigenvalue weighted by Crippen LogP contribution is -2.70. The van der Waals surface area contributed by atoms with E-state index in [4.69, 9.17) is 28.4 Å². The Balaban J connectivity index is 1.28. The van der Waals surface area contributed by atoms with Gasteiger partial charge < -0.3 is 105 Å². The van der Waals surface area contributed by atoms with Crippen molar-refractivity contribution in [1.82, 2.24) is 5.32 Å². The van der Waals surface area contributed by atoms with Crippen molar-refractivity contribution in [2.45, 2.75) is 129 Å². The number of aliphatic hydroxyl groups excluding tert-OH is 14. The number of nitrogens with one attached hydrogen (secondary N) is 1. The number of hydrogen-bond donors (Lipinski definition) is 15. The molecule has 15 N–H and O–H groups in total. The second-order valence-corrected chi connectivity index (χ2v) is 15.6. The molecule has 6 rings (SSSR count). The molecule has 0 aromatic heterocycles. The first-order chi connectivity index (χ1) is 26.5. The highest BCUT2D eigenvalue weighted by atomic mass is 16.6. The summed E-state index contributed by atoms with van der Waals surface area (Å²) in [6.45, 7) is -4.18. The molecule has 2 bridgehead atoms. The summed E-state index contributed by atoms with van der Waals surface area (Å²) in [5, 5.41) is 147. The number of rotatable bonds is 19. The van der Waals surface area contributed by atoms with Gasteiger partial charge in [-0.25, -0.2) is 0 Å². The Morgan fingerprint density at radius 1 is 0.679 bits per heavy atom. The van der Waals surface area contributed by atoms with Crippen LogP contribution in [0.25, 0.3) is 0 Å². The van der Waals surface area contributed by atoms with Crippen LogP contribution in [0.2, 0.25) is 0 Å². The molecule has 6 aliphatic rings. The molecular weight excluding hydrogens is 758 g/mol. The Kier molecular flexibility index (Phi) is 15.5. The summed E-state index contributed by atoms with van der Waals surface area (Å²) in [6, 6.07) is -0.933. The number of carbonyl (C=O) groups excluding carboxylic acids is 1. The van der Waals surface area contributed by atoms with E-state index in [9.17, 15) is 76.3 Å². The van der Waals surface area contributed by atoms with Gasteiger partial charge in [-0.15, -0.1) is 0 Å². The summed E-state index contributed by atoms with van der Waals surface area (Å²) in [6.07, 6.45) is -21.3. The fourth-order valence-electron chi connectivity index (χ4n) is 8.74. The molecule has 4 saturated heterocycles. The van der Waals surface area contributed by atoms with Crippen molar-refractivity contribution in [3.63, 3.8) is 0 Å². The zero-order valence-electron chi connectivity index (χ0n) is 30.9. The highest BCUT2D eigenvalue weighted by Crippen LogP contribution is 2.56. The first kappa shape index (κ1) is 45.7. The van der Waals surface area contributed by atoms with Crippen molar-refractivity contribution in [3.8, 4) is 0 Å². The van der Waals surface area contributed by atoms with Gasteiger partial charge in [0.2, 0.25) is 5.91 Å². The molecule has 2 saturated carbocycles. The zero-order chi connectivity index (χ0) is 41.3. The number of aliphatic hydroxyl groups is 14. The predicted octanol–water partition coefficient (Wildman–Crippen LogP) is -8.81. The fourth-order valence-corrected chi connectivity index (χ4v) is 8.74. The lowest BCUT2D eigenvalue weighted by molar-refractivity contribution is -0.289. The molecule has 4 heterocycles. The average molecular weight is 818 g/mol. The Hall–Kier alpha value is -1.33. The normalized spacial score (nSPS) is 45.7. The summed E-state index contributed by atoms with van der Waals surface area (Å²) in [4.78, 5) is 12.4. The minimum atomic E-state index is -1.69. The Labute approximate surface area is 321 Å². The van der Waals surface area contributed by atoms with Crippen molar-refractivity contribution in [2.75, 3.05) is 59.5 Å². The minimum Gasteiger partial charge on any atom is -0.394 e. The van der Waals surface area contributed by atoms with Crippen LogP contribution >= 0.6 is 0 Å². The predicted molar refractivity (Wildman–Crippen MR) is 181 cm³/mol. The molecule has 1 amide bonds. The van der Waals surface area contributed by atoms with E-state index < -0.39 is 185 Å². The molecular formula is C34H59NO21. The van der Waals surface area contributed by atoms with Crippen molar-refractivity contribution in [1.29, 1.82) is 0 Å². The first-order valence-electron chi connectivity index (χ1n) is 18.8. The number of fused-ring (bicyclic) bond motifs is 4. The van der Waals surface area contributed by atoms with Gasteiger partial charge in [-0.3, -0.25) is 4.79 Å². The van der Waals surface area contributed by atoms with Crippen LogP contribution in [0.5, 0.6) is 0 Å². The van der Waals surface area contributed by atoms with Crippen molar-refractivity contribution >= 4 is 5.91 Å². The molecule has 21 atom stereocenters. The lowest BCUT2D eigenvalue weighted by Gasteiger charge is -2.54. The fraction of sp³-hybridized carbons (Fsp3) is 0.971. The summed E-state index contributed by atoms with van der Waals surface area (Å²) in [7, 11) is 0. The average Bonchev–Trinajstić information content (AvgIpc) is 3.97. The molecule has 0 spiro atoms. The second kappa shape index (κ2) is 18.9. The number of amides is 1. The van der Waals surface area contributed by atoms with Gasteiger partial charge in [-0.05, 0) is 12.8 Å². The third-order valence-electron chi connectivity index (χ3n) is 12.2. The molecule has 56 heavy (non-hydrogen) atoms. The maximum absolute atomic E-state index is 12.4. The molecule has 2 aliphatic carbocycles. The maximum atomic E-state index is 12.4. The van der Waals surface area contributed by atoms with E-state index >= 15 is 0 Å². The van der Waals surface area contributed by atoms with Crippen molar-refractivity contribution < 1.29 is 105 Å². The van der Waals surface area contributed by atoms with Crippen LogP contribution in [0.1, 0.15) is 19.8 Å². The van der Waals surface area contributed by atoms with E-state index in [0.29, 0.717) is 0 Å². The molecule has 0 aromatic carbocycles.